The molecule has 1 aliphatic rings. The van der Waals surface area contributed by atoms with Gasteiger partial charge in [0.05, 0.1) is 30.8 Å². The quantitative estimate of drug-likeness (QED) is 0.426. The van der Waals surface area contributed by atoms with Gasteiger partial charge in [-0.05, 0) is 54.3 Å². The van der Waals surface area contributed by atoms with Crippen molar-refractivity contribution in [1.82, 2.24) is 19.7 Å². The average molecular weight is 444 g/mol. The van der Waals surface area contributed by atoms with Gasteiger partial charge in [0.2, 0.25) is 0 Å². The predicted octanol–water partition coefficient (Wildman–Crippen LogP) is 3.87. The summed E-state index contributed by atoms with van der Waals surface area (Å²) in [4.78, 5) is 20.3. The molecule has 0 spiro atoms. The molecule has 0 aliphatic carbocycles. The molecule has 5 rings (SSSR count). The Balaban J connectivity index is 1.30. The number of aliphatic carboxylic acids is 1. The van der Waals surface area contributed by atoms with Gasteiger partial charge in [-0.3, -0.25) is 14.5 Å². The minimum Gasteiger partial charge on any atom is -0.493 e. The third kappa shape index (κ3) is 4.64. The van der Waals surface area contributed by atoms with E-state index in [0.29, 0.717) is 13.0 Å². The van der Waals surface area contributed by atoms with Crippen LogP contribution >= 0.6 is 0 Å². The van der Waals surface area contributed by atoms with Gasteiger partial charge in [0.15, 0.2) is 0 Å². The maximum atomic E-state index is 11.5. The highest BCUT2D eigenvalue weighted by atomic mass is 16.5. The largest absolute Gasteiger partial charge is 0.493 e. The number of benzene rings is 1. The number of aryl methyl sites for hydroxylation is 1. The maximum absolute atomic E-state index is 11.5. The number of anilines is 1. The standard InChI is InChI=1S/C25H25N5O3/c31-24(32)14-23(18-4-1-10-26-15-18)30-22-8-7-21(13-19(22)16-28-30)33-12-9-20-6-5-17-3-2-11-27-25(17)29-20/h1,4-8,10,13,15-16,23H,2-3,9,11-12,14H2,(H,27,29)(H,31,32). The second-order valence-corrected chi connectivity index (χ2v) is 8.15. The monoisotopic (exact) mass is 443 g/mol. The van der Waals surface area contributed by atoms with Crippen LogP contribution in [0.3, 0.4) is 0 Å². The summed E-state index contributed by atoms with van der Waals surface area (Å²) in [6, 6.07) is 13.2. The molecule has 1 unspecified atom stereocenters. The summed E-state index contributed by atoms with van der Waals surface area (Å²) < 4.78 is 7.72. The van der Waals surface area contributed by atoms with E-state index in [0.717, 1.165) is 53.1 Å². The Bertz CT molecular complexity index is 1270. The summed E-state index contributed by atoms with van der Waals surface area (Å²) in [6.45, 7) is 1.49. The number of aromatic nitrogens is 4. The first-order valence-electron chi connectivity index (χ1n) is 11.1. The van der Waals surface area contributed by atoms with Gasteiger partial charge in [0.25, 0.3) is 0 Å². The van der Waals surface area contributed by atoms with Crippen molar-refractivity contribution in [3.05, 3.63) is 77.9 Å². The van der Waals surface area contributed by atoms with Crippen LogP contribution in [0.5, 0.6) is 5.75 Å². The first kappa shape index (κ1) is 20.9. The molecule has 0 fully saturated rings. The lowest BCUT2D eigenvalue weighted by molar-refractivity contribution is -0.137. The van der Waals surface area contributed by atoms with Crippen LogP contribution < -0.4 is 10.1 Å². The fraction of sp³-hybridized carbons (Fsp3) is 0.280. The molecule has 8 heteroatoms. The van der Waals surface area contributed by atoms with Crippen LogP contribution in [0.4, 0.5) is 5.82 Å². The van der Waals surface area contributed by atoms with Gasteiger partial charge in [-0.25, -0.2) is 4.98 Å². The van der Waals surface area contributed by atoms with Gasteiger partial charge in [-0.2, -0.15) is 5.10 Å². The van der Waals surface area contributed by atoms with Crippen molar-refractivity contribution >= 4 is 22.7 Å². The lowest BCUT2D eigenvalue weighted by Gasteiger charge is -2.17. The lowest BCUT2D eigenvalue weighted by Crippen LogP contribution is -2.16. The van der Waals surface area contributed by atoms with Crippen LogP contribution in [0.1, 0.15) is 35.7 Å². The normalized spacial score (nSPS) is 13.8. The highest BCUT2D eigenvalue weighted by Crippen LogP contribution is 2.28. The molecular weight excluding hydrogens is 418 g/mol. The number of ether oxygens (including phenoxy) is 1. The Morgan fingerprint density at radius 1 is 1.21 bits per heavy atom. The molecular formula is C25H25N5O3. The van der Waals surface area contributed by atoms with Gasteiger partial charge in [-0.15, -0.1) is 0 Å². The molecule has 1 aromatic carbocycles. The molecule has 1 aliphatic heterocycles. The fourth-order valence-electron chi connectivity index (χ4n) is 4.23. The summed E-state index contributed by atoms with van der Waals surface area (Å²) in [7, 11) is 0. The van der Waals surface area contributed by atoms with E-state index in [1.54, 1.807) is 29.3 Å². The first-order valence-corrected chi connectivity index (χ1v) is 11.1. The summed E-state index contributed by atoms with van der Waals surface area (Å²) in [5.41, 5.74) is 3.93. The fourth-order valence-corrected chi connectivity index (χ4v) is 4.23. The Hall–Kier alpha value is -3.94. The summed E-state index contributed by atoms with van der Waals surface area (Å²) >= 11 is 0. The van der Waals surface area contributed by atoms with E-state index in [1.165, 1.54) is 5.56 Å². The van der Waals surface area contributed by atoms with Gasteiger partial charge in [0.1, 0.15) is 11.6 Å². The van der Waals surface area contributed by atoms with Crippen molar-refractivity contribution in [2.75, 3.05) is 18.5 Å². The van der Waals surface area contributed by atoms with Crippen molar-refractivity contribution in [1.29, 1.82) is 0 Å². The lowest BCUT2D eigenvalue weighted by atomic mass is 10.1. The van der Waals surface area contributed by atoms with Gasteiger partial charge >= 0.3 is 5.97 Å². The molecule has 8 nitrogen and oxygen atoms in total. The SMILES string of the molecule is O=C(O)CC(c1cccnc1)n1ncc2cc(OCCc3ccc4c(n3)NCCC4)ccc21. The number of fused-ring (bicyclic) bond motifs is 2. The number of nitrogens with one attached hydrogen (secondary N) is 1. The Morgan fingerprint density at radius 2 is 2.15 bits per heavy atom. The number of pyridine rings is 2. The van der Waals surface area contributed by atoms with Crippen molar-refractivity contribution in [2.24, 2.45) is 0 Å². The summed E-state index contributed by atoms with van der Waals surface area (Å²) in [6.07, 6.45) is 7.95. The van der Waals surface area contributed by atoms with Crippen molar-refractivity contribution in [3.63, 3.8) is 0 Å². The zero-order valence-corrected chi connectivity index (χ0v) is 18.1. The highest BCUT2D eigenvalue weighted by Gasteiger charge is 2.21. The second-order valence-electron chi connectivity index (χ2n) is 8.15. The molecule has 168 valence electrons. The average Bonchev–Trinajstić information content (AvgIpc) is 3.26. The second kappa shape index (κ2) is 9.28. The number of nitrogens with zero attached hydrogens (tertiary/aromatic N) is 4. The van der Waals surface area contributed by atoms with E-state index < -0.39 is 12.0 Å². The third-order valence-electron chi connectivity index (χ3n) is 5.88. The zero-order chi connectivity index (χ0) is 22.6. The molecule has 0 amide bonds. The molecule has 0 radical (unpaired) electrons. The Morgan fingerprint density at radius 3 is 3.00 bits per heavy atom. The third-order valence-corrected chi connectivity index (χ3v) is 5.88. The van der Waals surface area contributed by atoms with E-state index in [9.17, 15) is 9.90 Å². The number of hydrogen-bond donors (Lipinski definition) is 2. The van der Waals surface area contributed by atoms with Crippen molar-refractivity contribution < 1.29 is 14.6 Å². The summed E-state index contributed by atoms with van der Waals surface area (Å²) in [5.74, 6) is 0.852. The van der Waals surface area contributed by atoms with Crippen molar-refractivity contribution in [3.8, 4) is 5.75 Å². The van der Waals surface area contributed by atoms with Gasteiger partial charge < -0.3 is 15.2 Å². The molecule has 1 atom stereocenters. The Labute approximate surface area is 191 Å². The minimum atomic E-state index is -0.890. The maximum Gasteiger partial charge on any atom is 0.305 e. The van der Waals surface area contributed by atoms with Crippen LogP contribution in [0, 0.1) is 0 Å². The molecule has 0 bridgehead atoms. The number of carboxylic acid groups (broad SMARTS) is 1. The Kier molecular flexibility index (Phi) is 5.89. The van der Waals surface area contributed by atoms with Crippen molar-refractivity contribution in [2.45, 2.75) is 31.7 Å². The summed E-state index contributed by atoms with van der Waals surface area (Å²) in [5, 5.41) is 18.2. The molecule has 4 aromatic rings. The topological polar surface area (TPSA) is 102 Å². The zero-order valence-electron chi connectivity index (χ0n) is 18.1. The molecule has 33 heavy (non-hydrogen) atoms. The van der Waals surface area contributed by atoms with Gasteiger partial charge in [0, 0.05) is 36.4 Å². The minimum absolute atomic E-state index is 0.0800. The molecule has 2 N–H and O–H groups in total. The smallest absolute Gasteiger partial charge is 0.305 e. The van der Waals surface area contributed by atoms with E-state index in [-0.39, 0.29) is 6.42 Å². The molecule has 4 heterocycles. The van der Waals surface area contributed by atoms with Crippen LogP contribution in [0.25, 0.3) is 10.9 Å². The van der Waals surface area contributed by atoms with E-state index in [1.807, 2.05) is 24.3 Å². The number of carboxylic acids is 1. The molecule has 3 aromatic heterocycles. The number of carbonyl (C=O) groups is 1. The molecule has 0 saturated heterocycles. The van der Waals surface area contributed by atoms with Crippen LogP contribution in [0.15, 0.2) is 61.1 Å². The van der Waals surface area contributed by atoms with Gasteiger partial charge in [-0.1, -0.05) is 12.1 Å². The highest BCUT2D eigenvalue weighted by molar-refractivity contribution is 5.81. The van der Waals surface area contributed by atoms with E-state index in [4.69, 9.17) is 9.72 Å². The van der Waals surface area contributed by atoms with Crippen LogP contribution in [-0.2, 0) is 17.6 Å². The van der Waals surface area contributed by atoms with E-state index in [2.05, 4.69) is 27.5 Å². The first-order chi connectivity index (χ1) is 16.2. The predicted molar refractivity (Wildman–Crippen MR) is 125 cm³/mol. The van der Waals surface area contributed by atoms with E-state index >= 15 is 0 Å². The number of rotatable bonds is 8. The van der Waals surface area contributed by atoms with Crippen LogP contribution in [-0.4, -0.2) is 44.0 Å². The number of hydrogen-bond acceptors (Lipinski definition) is 6. The van der Waals surface area contributed by atoms with Crippen LogP contribution in [0.2, 0.25) is 0 Å². The molecule has 0 saturated carbocycles.